The zero-order chi connectivity index (χ0) is 33.7. The molecule has 0 radical (unpaired) electrons. The van der Waals surface area contributed by atoms with Crippen LogP contribution in [0, 0.1) is 17.3 Å². The minimum Gasteiger partial charge on any atom is -0.451 e. The fourth-order valence-electron chi connectivity index (χ4n) is 9.26. The highest BCUT2D eigenvalue weighted by Gasteiger charge is 2.68. The highest BCUT2D eigenvalue weighted by atomic mass is 32.2. The molecule has 5 atom stereocenters. The third-order valence-electron chi connectivity index (χ3n) is 11.3. The van der Waals surface area contributed by atoms with Crippen LogP contribution in [0.5, 0.6) is 0 Å². The quantitative estimate of drug-likeness (QED) is 0.170. The van der Waals surface area contributed by atoms with Crippen molar-refractivity contribution in [1.29, 1.82) is 0 Å². The molecule has 4 aliphatic carbocycles. The average molecular weight is 654 g/mol. The Morgan fingerprint density at radius 3 is 2.26 bits per heavy atom. The molecule has 6 rings (SSSR count). The first kappa shape index (κ1) is 33.1. The van der Waals surface area contributed by atoms with Crippen LogP contribution in [0.15, 0.2) is 76.9 Å². The van der Waals surface area contributed by atoms with E-state index in [9.17, 15) is 24.0 Å². The molecule has 0 N–H and O–H groups in total. The number of nitrogens with zero attached hydrogens (tertiary/aromatic N) is 1. The van der Waals surface area contributed by atoms with Crippen LogP contribution in [-0.2, 0) is 23.9 Å². The van der Waals surface area contributed by atoms with E-state index < -0.39 is 17.0 Å². The Labute approximate surface area is 281 Å². The minimum atomic E-state index is -1.34. The number of ether oxygens (including phenoxy) is 1. The molecule has 3 unspecified atom stereocenters. The number of rotatable bonds is 8. The minimum absolute atomic E-state index is 0.0360. The van der Waals surface area contributed by atoms with Gasteiger partial charge in [0.05, 0.1) is 11.3 Å². The Hall–Kier alpha value is -3.78. The number of hydrogen-bond donors (Lipinski definition) is 0. The van der Waals surface area contributed by atoms with Crippen molar-refractivity contribution in [3.63, 3.8) is 0 Å². The van der Waals surface area contributed by atoms with Gasteiger partial charge in [-0.2, -0.15) is 0 Å². The lowest BCUT2D eigenvalue weighted by Crippen LogP contribution is -2.58. The number of Topliss-reactive ketones (excluding diaryl/α,β-unsaturated/α-hetero) is 3. The van der Waals surface area contributed by atoms with Crippen LogP contribution >= 0.6 is 11.8 Å². The summed E-state index contributed by atoms with van der Waals surface area (Å²) in [5, 5.41) is -0.148. The molecule has 7 nitrogen and oxygen atoms in total. The first-order valence-corrected chi connectivity index (χ1v) is 17.6. The van der Waals surface area contributed by atoms with Gasteiger partial charge < -0.3 is 9.64 Å². The first-order chi connectivity index (χ1) is 22.4. The largest absolute Gasteiger partial charge is 0.451 e. The molecule has 47 heavy (non-hydrogen) atoms. The lowest BCUT2D eigenvalue weighted by atomic mass is 9.50. The van der Waals surface area contributed by atoms with E-state index in [1.165, 1.54) is 19.4 Å². The summed E-state index contributed by atoms with van der Waals surface area (Å²) in [7, 11) is 4.00. The van der Waals surface area contributed by atoms with Gasteiger partial charge in [-0.1, -0.05) is 66.7 Å². The topological polar surface area (TPSA) is 97.8 Å². The number of thioether (sulfide) groups is 1. The molecule has 0 aromatic heterocycles. The van der Waals surface area contributed by atoms with E-state index >= 15 is 0 Å². The van der Waals surface area contributed by atoms with Crippen LogP contribution in [0.1, 0.15) is 87.6 Å². The second-order valence-corrected chi connectivity index (χ2v) is 15.1. The lowest BCUT2D eigenvalue weighted by molar-refractivity contribution is -0.182. The Balaban J connectivity index is 1.53. The van der Waals surface area contributed by atoms with Gasteiger partial charge in [0.1, 0.15) is 0 Å². The van der Waals surface area contributed by atoms with Crippen molar-refractivity contribution >= 4 is 45.9 Å². The van der Waals surface area contributed by atoms with Gasteiger partial charge >= 0.3 is 5.97 Å². The summed E-state index contributed by atoms with van der Waals surface area (Å²) in [6, 6.07) is 17.5. The van der Waals surface area contributed by atoms with Gasteiger partial charge in [0.2, 0.25) is 0 Å². The molecule has 4 aliphatic rings. The van der Waals surface area contributed by atoms with E-state index in [0.29, 0.717) is 43.2 Å². The van der Waals surface area contributed by atoms with Crippen LogP contribution in [0.2, 0.25) is 0 Å². The molecule has 0 aliphatic heterocycles. The third kappa shape index (κ3) is 5.62. The van der Waals surface area contributed by atoms with Crippen molar-refractivity contribution in [2.45, 2.75) is 77.2 Å². The van der Waals surface area contributed by atoms with Crippen molar-refractivity contribution in [2.75, 3.05) is 24.7 Å². The number of carbonyl (C=O) groups excluding carboxylic acids is 5. The van der Waals surface area contributed by atoms with Gasteiger partial charge in [0.15, 0.2) is 28.1 Å². The molecule has 8 heteroatoms. The Morgan fingerprint density at radius 2 is 1.62 bits per heavy atom. The molecule has 2 aromatic carbocycles. The number of benzene rings is 2. The van der Waals surface area contributed by atoms with Crippen LogP contribution in [0.3, 0.4) is 0 Å². The van der Waals surface area contributed by atoms with Gasteiger partial charge in [-0.3, -0.25) is 24.0 Å². The van der Waals surface area contributed by atoms with Gasteiger partial charge in [0, 0.05) is 56.9 Å². The molecule has 2 fully saturated rings. The van der Waals surface area contributed by atoms with E-state index in [2.05, 4.69) is 36.1 Å². The number of hydrogen-bond acceptors (Lipinski definition) is 8. The van der Waals surface area contributed by atoms with Crippen LogP contribution < -0.4 is 4.90 Å². The predicted octanol–water partition coefficient (Wildman–Crippen LogP) is 7.06. The summed E-state index contributed by atoms with van der Waals surface area (Å²) in [4.78, 5) is 68.2. The van der Waals surface area contributed by atoms with Crippen LogP contribution in [-0.4, -0.2) is 53.9 Å². The summed E-state index contributed by atoms with van der Waals surface area (Å²) < 4.78 is 6.16. The lowest BCUT2D eigenvalue weighted by Gasteiger charge is -2.55. The normalized spacial score (nSPS) is 28.3. The maximum absolute atomic E-state index is 14.2. The summed E-state index contributed by atoms with van der Waals surface area (Å²) in [6.07, 6.45) is 3.92. The molecular formula is C39H43NO6S. The molecule has 246 valence electrons. The summed E-state index contributed by atoms with van der Waals surface area (Å²) in [5.74, 6) is -0.987. The van der Waals surface area contributed by atoms with Gasteiger partial charge in [-0.25, -0.2) is 0 Å². The average Bonchev–Trinajstić information content (AvgIpc) is 3.34. The van der Waals surface area contributed by atoms with E-state index in [1.54, 1.807) is 12.1 Å². The number of allylic oxidation sites excluding steroid dienone is 4. The van der Waals surface area contributed by atoms with Crippen molar-refractivity contribution < 1.29 is 28.7 Å². The molecule has 0 bridgehead atoms. The Morgan fingerprint density at radius 1 is 0.915 bits per heavy atom. The number of esters is 1. The number of fused-ring (bicyclic) bond motifs is 4. The predicted molar refractivity (Wildman–Crippen MR) is 183 cm³/mol. The first-order valence-electron chi connectivity index (χ1n) is 16.6. The summed E-state index contributed by atoms with van der Waals surface area (Å²) in [5.41, 5.74) is 4.30. The van der Waals surface area contributed by atoms with E-state index in [0.717, 1.165) is 40.6 Å². The molecular weight excluding hydrogens is 610 g/mol. The van der Waals surface area contributed by atoms with E-state index in [-0.39, 0.29) is 52.4 Å². The van der Waals surface area contributed by atoms with Gasteiger partial charge in [-0.15, -0.1) is 0 Å². The highest BCUT2D eigenvalue weighted by Crippen LogP contribution is 2.68. The summed E-state index contributed by atoms with van der Waals surface area (Å²) >= 11 is 0.967. The SMILES string of the molecule is CC(=O)O[C@]1(C(=O)CSC(C)=O)CCC2C3CCC4=C(C(=O)c5ccccc5)C(=O)CCC4=C3C(c3ccc(N(C)C)cc3)C[C@@]21C. The van der Waals surface area contributed by atoms with Crippen LogP contribution in [0.4, 0.5) is 5.69 Å². The second kappa shape index (κ2) is 12.7. The van der Waals surface area contributed by atoms with Gasteiger partial charge in [0.25, 0.3) is 0 Å². The monoisotopic (exact) mass is 653 g/mol. The number of anilines is 1. The van der Waals surface area contributed by atoms with Gasteiger partial charge in [-0.05, 0) is 79.2 Å². The molecule has 2 saturated carbocycles. The van der Waals surface area contributed by atoms with Crippen LogP contribution in [0.25, 0.3) is 0 Å². The van der Waals surface area contributed by atoms with Crippen molar-refractivity contribution in [1.82, 2.24) is 0 Å². The van der Waals surface area contributed by atoms with E-state index in [4.69, 9.17) is 4.74 Å². The van der Waals surface area contributed by atoms with Crippen molar-refractivity contribution in [3.05, 3.63) is 88.0 Å². The second-order valence-electron chi connectivity index (χ2n) is 14.0. The third-order valence-corrected chi connectivity index (χ3v) is 12.1. The molecule has 0 heterocycles. The molecule has 2 aromatic rings. The van der Waals surface area contributed by atoms with E-state index in [1.807, 2.05) is 32.3 Å². The van der Waals surface area contributed by atoms with Crippen molar-refractivity contribution in [2.24, 2.45) is 17.3 Å². The molecule has 0 amide bonds. The standard InChI is InChI=1S/C39H43NO6S/c1-23(41)46-39(34(44)22-47-24(2)42)20-19-32-30-16-15-29-28(17-18-33(43)36(29)37(45)26-9-7-6-8-10-26)35(30)31(21-38(32,39)3)25-11-13-27(14-12-25)40(4)5/h6-14,30-32H,15-22H2,1-5H3/t30?,31?,32?,38-,39-/m0/s1. The maximum Gasteiger partial charge on any atom is 0.303 e. The molecule has 0 saturated heterocycles. The fourth-order valence-corrected chi connectivity index (χ4v) is 9.83. The Bertz CT molecular complexity index is 1710. The fraction of sp³-hybridized carbons (Fsp3) is 0.462. The number of carbonyl (C=O) groups is 5. The van der Waals surface area contributed by atoms with Crippen molar-refractivity contribution in [3.8, 4) is 0 Å². The maximum atomic E-state index is 14.2. The molecule has 0 spiro atoms. The number of ketones is 3. The zero-order valence-corrected chi connectivity index (χ0v) is 28.7. The Kier molecular flexibility index (Phi) is 8.94. The highest BCUT2D eigenvalue weighted by molar-refractivity contribution is 8.14. The smallest absolute Gasteiger partial charge is 0.303 e. The summed E-state index contributed by atoms with van der Waals surface area (Å²) in [6.45, 7) is 4.92. The zero-order valence-electron chi connectivity index (χ0n) is 27.9.